The van der Waals surface area contributed by atoms with Gasteiger partial charge in [0.15, 0.2) is 0 Å². The average Bonchev–Trinajstić information content (AvgIpc) is 2.53. The number of alkyl carbamates (subject to hydrolysis) is 1. The second-order valence-corrected chi connectivity index (χ2v) is 8.25. The molecule has 1 heterocycles. The maximum Gasteiger partial charge on any atom is 0.407 e. The van der Waals surface area contributed by atoms with Crippen LogP contribution in [0.4, 0.5) is 19.7 Å². The fraction of sp³-hybridized carbons (Fsp3) is 0.556. The summed E-state index contributed by atoms with van der Waals surface area (Å²) in [5.41, 5.74) is 0.227. The molecule has 26 heavy (non-hydrogen) atoms. The molecule has 1 aliphatic rings. The zero-order valence-electron chi connectivity index (χ0n) is 15.5. The Bertz CT molecular complexity index is 691. The molecule has 1 atom stereocenters. The molecule has 0 aromatic heterocycles. The van der Waals surface area contributed by atoms with Crippen molar-refractivity contribution in [3.63, 3.8) is 0 Å². The van der Waals surface area contributed by atoms with Crippen molar-refractivity contribution in [1.82, 2.24) is 10.2 Å². The predicted molar refractivity (Wildman–Crippen MR) is 102 cm³/mol. The van der Waals surface area contributed by atoms with Gasteiger partial charge in [0.2, 0.25) is 0 Å². The SMILES string of the molecule is Cc1c(NC(=O)N2CCCC(NC(=O)OC(C)(C)C)C2)ccc(Br)c1F. The van der Waals surface area contributed by atoms with Gasteiger partial charge in [0.05, 0.1) is 4.47 Å². The van der Waals surface area contributed by atoms with Crippen LogP contribution in [0.5, 0.6) is 0 Å². The van der Waals surface area contributed by atoms with Crippen LogP contribution in [0.25, 0.3) is 0 Å². The van der Waals surface area contributed by atoms with Gasteiger partial charge in [0, 0.05) is 30.4 Å². The molecular weight excluding hydrogens is 405 g/mol. The molecule has 8 heteroatoms. The zero-order chi connectivity index (χ0) is 19.5. The first kappa shape index (κ1) is 20.5. The van der Waals surface area contributed by atoms with Crippen LogP contribution in [0, 0.1) is 12.7 Å². The average molecular weight is 430 g/mol. The predicted octanol–water partition coefficient (Wildman–Crippen LogP) is 4.42. The summed E-state index contributed by atoms with van der Waals surface area (Å²) in [5, 5.41) is 5.55. The van der Waals surface area contributed by atoms with E-state index in [0.29, 0.717) is 28.8 Å². The number of rotatable bonds is 2. The number of carbonyl (C=O) groups is 2. The van der Waals surface area contributed by atoms with Crippen LogP contribution in [-0.2, 0) is 4.74 Å². The monoisotopic (exact) mass is 429 g/mol. The van der Waals surface area contributed by atoms with Crippen LogP contribution >= 0.6 is 15.9 Å². The van der Waals surface area contributed by atoms with E-state index >= 15 is 0 Å². The highest BCUT2D eigenvalue weighted by Gasteiger charge is 2.27. The van der Waals surface area contributed by atoms with E-state index in [0.717, 1.165) is 12.8 Å². The maximum absolute atomic E-state index is 14.0. The van der Waals surface area contributed by atoms with E-state index in [9.17, 15) is 14.0 Å². The van der Waals surface area contributed by atoms with Gasteiger partial charge in [0.25, 0.3) is 0 Å². The van der Waals surface area contributed by atoms with Crippen molar-refractivity contribution in [2.45, 2.75) is 52.2 Å². The highest BCUT2D eigenvalue weighted by molar-refractivity contribution is 9.10. The Hall–Kier alpha value is -1.83. The van der Waals surface area contributed by atoms with Crippen LogP contribution in [0.15, 0.2) is 16.6 Å². The van der Waals surface area contributed by atoms with Crippen LogP contribution in [0.3, 0.4) is 0 Å². The summed E-state index contributed by atoms with van der Waals surface area (Å²) < 4.78 is 19.6. The van der Waals surface area contributed by atoms with Gasteiger partial charge in [0.1, 0.15) is 11.4 Å². The Morgan fingerprint density at radius 3 is 2.69 bits per heavy atom. The first-order valence-corrected chi connectivity index (χ1v) is 9.36. The molecule has 0 aliphatic carbocycles. The number of ether oxygens (including phenoxy) is 1. The Balaban J connectivity index is 1.95. The quantitative estimate of drug-likeness (QED) is 0.730. The third-order valence-corrected chi connectivity index (χ3v) is 4.62. The van der Waals surface area contributed by atoms with Gasteiger partial charge >= 0.3 is 12.1 Å². The molecule has 6 nitrogen and oxygen atoms in total. The molecular formula is C18H25BrFN3O3. The smallest absolute Gasteiger partial charge is 0.407 e. The summed E-state index contributed by atoms with van der Waals surface area (Å²) in [5.74, 6) is -0.397. The Kier molecular flexibility index (Phi) is 6.49. The second-order valence-electron chi connectivity index (χ2n) is 7.40. The highest BCUT2D eigenvalue weighted by atomic mass is 79.9. The topological polar surface area (TPSA) is 70.7 Å². The fourth-order valence-electron chi connectivity index (χ4n) is 2.74. The first-order chi connectivity index (χ1) is 12.1. The van der Waals surface area contributed by atoms with Crippen molar-refractivity contribution < 1.29 is 18.7 Å². The van der Waals surface area contributed by atoms with E-state index in [1.807, 2.05) is 0 Å². The van der Waals surface area contributed by atoms with Gasteiger partial charge in [-0.3, -0.25) is 0 Å². The van der Waals surface area contributed by atoms with Crippen molar-refractivity contribution >= 4 is 33.7 Å². The number of piperidine rings is 1. The van der Waals surface area contributed by atoms with E-state index in [1.54, 1.807) is 44.7 Å². The zero-order valence-corrected chi connectivity index (χ0v) is 17.1. The number of anilines is 1. The molecule has 3 amide bonds. The van der Waals surface area contributed by atoms with Crippen molar-refractivity contribution in [2.24, 2.45) is 0 Å². The molecule has 1 aromatic carbocycles. The van der Waals surface area contributed by atoms with E-state index in [2.05, 4.69) is 26.6 Å². The van der Waals surface area contributed by atoms with Crippen LogP contribution in [-0.4, -0.2) is 41.8 Å². The Morgan fingerprint density at radius 1 is 1.35 bits per heavy atom. The molecule has 1 saturated heterocycles. The van der Waals surface area contributed by atoms with Crippen molar-refractivity contribution in [3.8, 4) is 0 Å². The summed E-state index contributed by atoms with van der Waals surface area (Å²) in [4.78, 5) is 26.0. The molecule has 144 valence electrons. The lowest BCUT2D eigenvalue weighted by Crippen LogP contribution is -2.51. The van der Waals surface area contributed by atoms with Crippen LogP contribution < -0.4 is 10.6 Å². The minimum atomic E-state index is -0.570. The highest BCUT2D eigenvalue weighted by Crippen LogP contribution is 2.25. The number of nitrogens with zero attached hydrogens (tertiary/aromatic N) is 1. The number of halogens is 2. The lowest BCUT2D eigenvalue weighted by Gasteiger charge is -2.33. The minimum absolute atomic E-state index is 0.174. The Labute approximate surface area is 161 Å². The second kappa shape index (κ2) is 8.24. The third kappa shape index (κ3) is 5.59. The van der Waals surface area contributed by atoms with E-state index < -0.39 is 17.5 Å². The summed E-state index contributed by atoms with van der Waals surface area (Å²) in [6.45, 7) is 7.96. The van der Waals surface area contributed by atoms with Crippen LogP contribution in [0.1, 0.15) is 39.2 Å². The van der Waals surface area contributed by atoms with E-state index in [-0.39, 0.29) is 12.1 Å². The molecule has 1 aliphatic heterocycles. The summed E-state index contributed by atoms with van der Waals surface area (Å²) in [7, 11) is 0. The molecule has 1 aromatic rings. The molecule has 1 fully saturated rings. The largest absolute Gasteiger partial charge is 0.444 e. The lowest BCUT2D eigenvalue weighted by atomic mass is 10.1. The standard InChI is InChI=1S/C18H25BrFN3O3/c1-11-14(8-7-13(19)15(11)20)22-16(24)23-9-5-6-12(10-23)21-17(25)26-18(2,3)4/h7-8,12H,5-6,9-10H2,1-4H3,(H,21,25)(H,22,24). The number of likely N-dealkylation sites (tertiary alicyclic amines) is 1. The molecule has 0 spiro atoms. The van der Waals surface area contributed by atoms with Gasteiger partial charge in [-0.15, -0.1) is 0 Å². The van der Waals surface area contributed by atoms with Gasteiger partial charge in [-0.1, -0.05) is 0 Å². The van der Waals surface area contributed by atoms with Gasteiger partial charge in [-0.25, -0.2) is 14.0 Å². The Morgan fingerprint density at radius 2 is 2.04 bits per heavy atom. The molecule has 2 rings (SSSR count). The number of hydrogen-bond donors (Lipinski definition) is 2. The fourth-order valence-corrected chi connectivity index (χ4v) is 3.16. The number of carbonyl (C=O) groups excluding carboxylic acids is 2. The van der Waals surface area contributed by atoms with Gasteiger partial charge in [-0.2, -0.15) is 0 Å². The van der Waals surface area contributed by atoms with Crippen molar-refractivity contribution in [2.75, 3.05) is 18.4 Å². The lowest BCUT2D eigenvalue weighted by molar-refractivity contribution is 0.0480. The molecule has 1 unspecified atom stereocenters. The van der Waals surface area contributed by atoms with E-state index in [4.69, 9.17) is 4.74 Å². The maximum atomic E-state index is 14.0. The number of hydrogen-bond acceptors (Lipinski definition) is 3. The summed E-state index contributed by atoms with van der Waals surface area (Å²) in [6, 6.07) is 2.72. The number of benzene rings is 1. The molecule has 0 bridgehead atoms. The number of amides is 3. The minimum Gasteiger partial charge on any atom is -0.444 e. The number of nitrogens with one attached hydrogen (secondary N) is 2. The van der Waals surface area contributed by atoms with Gasteiger partial charge in [-0.05, 0) is 68.6 Å². The van der Waals surface area contributed by atoms with Gasteiger partial charge < -0.3 is 20.3 Å². The summed E-state index contributed by atoms with van der Waals surface area (Å²) in [6.07, 6.45) is 1.05. The molecule has 2 N–H and O–H groups in total. The van der Waals surface area contributed by atoms with Crippen LogP contribution in [0.2, 0.25) is 0 Å². The van der Waals surface area contributed by atoms with E-state index in [1.165, 1.54) is 0 Å². The first-order valence-electron chi connectivity index (χ1n) is 8.57. The normalized spacial score (nSPS) is 17.6. The molecule has 0 saturated carbocycles. The molecule has 0 radical (unpaired) electrons. The van der Waals surface area contributed by atoms with Crippen molar-refractivity contribution in [3.05, 3.63) is 28.0 Å². The van der Waals surface area contributed by atoms with Crippen molar-refractivity contribution in [1.29, 1.82) is 0 Å². The number of urea groups is 1. The third-order valence-electron chi connectivity index (χ3n) is 4.01. The summed E-state index contributed by atoms with van der Waals surface area (Å²) >= 11 is 3.12.